The molecule has 0 spiro atoms. The minimum Gasteiger partial charge on any atom is -0.341 e. The van der Waals surface area contributed by atoms with Gasteiger partial charge in [0.1, 0.15) is 11.9 Å². The van der Waals surface area contributed by atoms with Gasteiger partial charge in [0.15, 0.2) is 0 Å². The van der Waals surface area contributed by atoms with E-state index in [-0.39, 0.29) is 36.3 Å². The van der Waals surface area contributed by atoms with Crippen molar-refractivity contribution < 1.29 is 22.4 Å². The highest BCUT2D eigenvalue weighted by Gasteiger charge is 2.30. The van der Waals surface area contributed by atoms with Gasteiger partial charge in [-0.25, -0.2) is 12.8 Å². The Bertz CT molecular complexity index is 997. The Labute approximate surface area is 175 Å². The first-order chi connectivity index (χ1) is 14.3. The number of nitrogens with one attached hydrogen (secondary N) is 1. The molecule has 30 heavy (non-hydrogen) atoms. The quantitative estimate of drug-likeness (QED) is 0.780. The summed E-state index contributed by atoms with van der Waals surface area (Å²) < 4.78 is 40.0. The maximum atomic E-state index is 13.1. The summed E-state index contributed by atoms with van der Waals surface area (Å²) in [5, 5.41) is 2.69. The van der Waals surface area contributed by atoms with Crippen molar-refractivity contribution in [1.29, 1.82) is 0 Å². The van der Waals surface area contributed by atoms with Crippen molar-refractivity contribution in [2.75, 3.05) is 26.2 Å². The molecule has 0 aromatic heterocycles. The van der Waals surface area contributed by atoms with Gasteiger partial charge in [-0.15, -0.1) is 0 Å². The second-order valence-corrected chi connectivity index (χ2v) is 9.04. The molecule has 1 aliphatic rings. The van der Waals surface area contributed by atoms with Gasteiger partial charge in [-0.1, -0.05) is 18.2 Å². The second-order valence-electron chi connectivity index (χ2n) is 7.10. The molecule has 0 unspecified atom stereocenters. The summed E-state index contributed by atoms with van der Waals surface area (Å²) in [6.45, 7) is 2.60. The molecule has 7 nitrogen and oxygen atoms in total. The fraction of sp³-hybridized carbons (Fsp3) is 0.333. The maximum absolute atomic E-state index is 13.1. The van der Waals surface area contributed by atoms with Crippen LogP contribution < -0.4 is 5.32 Å². The van der Waals surface area contributed by atoms with Gasteiger partial charge in [0, 0.05) is 31.7 Å². The number of hydrogen-bond donors (Lipinski definition) is 1. The molecule has 9 heteroatoms. The van der Waals surface area contributed by atoms with Crippen molar-refractivity contribution in [2.24, 2.45) is 0 Å². The first kappa shape index (κ1) is 21.9. The van der Waals surface area contributed by atoms with Crippen molar-refractivity contribution in [2.45, 2.75) is 24.3 Å². The Kier molecular flexibility index (Phi) is 6.84. The molecule has 1 atom stereocenters. The minimum absolute atomic E-state index is 0.0205. The van der Waals surface area contributed by atoms with Crippen molar-refractivity contribution in [3.63, 3.8) is 0 Å². The van der Waals surface area contributed by atoms with E-state index < -0.39 is 21.9 Å². The Balaban J connectivity index is 1.62. The van der Waals surface area contributed by atoms with Gasteiger partial charge >= 0.3 is 0 Å². The lowest BCUT2D eigenvalue weighted by Crippen LogP contribution is -2.48. The number of carbonyl (C=O) groups excluding carboxylic acids is 2. The molecular weight excluding hydrogens is 409 g/mol. The van der Waals surface area contributed by atoms with Crippen LogP contribution in [0.3, 0.4) is 0 Å². The predicted molar refractivity (Wildman–Crippen MR) is 110 cm³/mol. The number of nitrogens with zero attached hydrogens (tertiary/aromatic N) is 2. The molecule has 1 N–H and O–H groups in total. The van der Waals surface area contributed by atoms with Crippen LogP contribution in [0.15, 0.2) is 59.5 Å². The van der Waals surface area contributed by atoms with Gasteiger partial charge in [-0.2, -0.15) is 4.31 Å². The summed E-state index contributed by atoms with van der Waals surface area (Å²) >= 11 is 0. The largest absolute Gasteiger partial charge is 0.341 e. The molecule has 1 saturated heterocycles. The summed E-state index contributed by atoms with van der Waals surface area (Å²) in [7, 11) is -3.77. The van der Waals surface area contributed by atoms with E-state index in [1.54, 1.807) is 42.2 Å². The summed E-state index contributed by atoms with van der Waals surface area (Å²) in [6.07, 6.45) is 0.464. The van der Waals surface area contributed by atoms with Gasteiger partial charge < -0.3 is 10.2 Å². The lowest BCUT2D eigenvalue weighted by Gasteiger charge is -2.25. The highest BCUT2D eigenvalue weighted by Crippen LogP contribution is 2.18. The number of rotatable bonds is 5. The molecule has 0 saturated carbocycles. The van der Waals surface area contributed by atoms with E-state index in [1.807, 2.05) is 0 Å². The fourth-order valence-electron chi connectivity index (χ4n) is 3.32. The lowest BCUT2D eigenvalue weighted by atomic mass is 10.2. The highest BCUT2D eigenvalue weighted by atomic mass is 32.2. The van der Waals surface area contributed by atoms with Crippen molar-refractivity contribution in [1.82, 2.24) is 14.5 Å². The third-order valence-electron chi connectivity index (χ3n) is 4.97. The van der Waals surface area contributed by atoms with Crippen molar-refractivity contribution >= 4 is 21.8 Å². The standard InChI is InChI=1S/C21H24FN3O4S/c1-16(23-20(26)17-6-3-2-4-7-17)21(27)24-12-5-13-25(15-14-24)30(28,29)19-10-8-18(22)9-11-19/h2-4,6-11,16H,5,12-15H2,1H3,(H,23,26)/t16-/m0/s1. The zero-order chi connectivity index (χ0) is 21.7. The summed E-state index contributed by atoms with van der Waals surface area (Å²) in [5.41, 5.74) is 0.463. The fourth-order valence-corrected chi connectivity index (χ4v) is 4.78. The molecular formula is C21H24FN3O4S. The smallest absolute Gasteiger partial charge is 0.251 e. The molecule has 0 radical (unpaired) electrons. The van der Waals surface area contributed by atoms with E-state index in [0.717, 1.165) is 12.1 Å². The van der Waals surface area contributed by atoms with Crippen LogP contribution >= 0.6 is 0 Å². The van der Waals surface area contributed by atoms with Gasteiger partial charge in [0.2, 0.25) is 15.9 Å². The predicted octanol–water partition coefficient (Wildman–Crippen LogP) is 1.87. The van der Waals surface area contributed by atoms with E-state index in [9.17, 15) is 22.4 Å². The molecule has 2 amide bonds. The molecule has 2 aromatic rings. The van der Waals surface area contributed by atoms with E-state index in [2.05, 4.69) is 5.32 Å². The third kappa shape index (κ3) is 5.03. The zero-order valence-electron chi connectivity index (χ0n) is 16.6. The van der Waals surface area contributed by atoms with Crippen LogP contribution in [0.25, 0.3) is 0 Å². The maximum Gasteiger partial charge on any atom is 0.251 e. The zero-order valence-corrected chi connectivity index (χ0v) is 17.4. The normalized spacial score (nSPS) is 16.5. The summed E-state index contributed by atoms with van der Waals surface area (Å²) in [4.78, 5) is 26.6. The number of sulfonamides is 1. The number of benzene rings is 2. The van der Waals surface area contributed by atoms with Gasteiger partial charge in [-0.3, -0.25) is 9.59 Å². The Morgan fingerprint density at radius 2 is 1.63 bits per heavy atom. The average molecular weight is 434 g/mol. The van der Waals surface area contributed by atoms with Crippen LogP contribution in [0.4, 0.5) is 4.39 Å². The summed E-state index contributed by atoms with van der Waals surface area (Å²) in [6, 6.07) is 12.6. The number of carbonyl (C=O) groups is 2. The van der Waals surface area contributed by atoms with Crippen molar-refractivity contribution in [3.05, 3.63) is 66.0 Å². The SMILES string of the molecule is C[C@H](NC(=O)c1ccccc1)C(=O)N1CCCN(S(=O)(=O)c2ccc(F)cc2)CC1. The Morgan fingerprint density at radius 1 is 0.967 bits per heavy atom. The molecule has 0 bridgehead atoms. The van der Waals surface area contributed by atoms with Crippen LogP contribution in [0.1, 0.15) is 23.7 Å². The van der Waals surface area contributed by atoms with Gasteiger partial charge in [0.05, 0.1) is 4.90 Å². The van der Waals surface area contributed by atoms with Crippen LogP contribution in [0, 0.1) is 5.82 Å². The molecule has 1 heterocycles. The number of amides is 2. The first-order valence-electron chi connectivity index (χ1n) is 9.69. The van der Waals surface area contributed by atoms with E-state index >= 15 is 0 Å². The van der Waals surface area contributed by atoms with Gasteiger partial charge in [-0.05, 0) is 49.7 Å². The van der Waals surface area contributed by atoms with Crippen molar-refractivity contribution in [3.8, 4) is 0 Å². The van der Waals surface area contributed by atoms with E-state index in [0.29, 0.717) is 18.5 Å². The highest BCUT2D eigenvalue weighted by molar-refractivity contribution is 7.89. The topological polar surface area (TPSA) is 86.8 Å². The molecule has 0 aliphatic carbocycles. The average Bonchev–Trinajstić information content (AvgIpc) is 3.01. The van der Waals surface area contributed by atoms with Crippen LogP contribution in [0.5, 0.6) is 0 Å². The van der Waals surface area contributed by atoms with Crippen LogP contribution in [0.2, 0.25) is 0 Å². The summed E-state index contributed by atoms with van der Waals surface area (Å²) in [5.74, 6) is -1.11. The van der Waals surface area contributed by atoms with Crippen LogP contribution in [-0.2, 0) is 14.8 Å². The molecule has 3 rings (SSSR count). The Hall–Kier alpha value is -2.78. The molecule has 1 fully saturated rings. The monoisotopic (exact) mass is 433 g/mol. The molecule has 160 valence electrons. The third-order valence-corrected chi connectivity index (χ3v) is 6.88. The first-order valence-corrected chi connectivity index (χ1v) is 11.1. The van der Waals surface area contributed by atoms with E-state index in [4.69, 9.17) is 0 Å². The second kappa shape index (κ2) is 9.36. The molecule has 1 aliphatic heterocycles. The van der Waals surface area contributed by atoms with Gasteiger partial charge in [0.25, 0.3) is 5.91 Å². The number of hydrogen-bond acceptors (Lipinski definition) is 4. The number of halogens is 1. The van der Waals surface area contributed by atoms with E-state index in [1.165, 1.54) is 16.4 Å². The Morgan fingerprint density at radius 3 is 2.30 bits per heavy atom. The lowest BCUT2D eigenvalue weighted by molar-refractivity contribution is -0.132. The molecule has 2 aromatic carbocycles. The minimum atomic E-state index is -3.77. The van der Waals surface area contributed by atoms with Crippen LogP contribution in [-0.4, -0.2) is 61.7 Å².